The van der Waals surface area contributed by atoms with Crippen LogP contribution in [-0.4, -0.2) is 22.0 Å². The molecule has 0 atom stereocenters. The minimum atomic E-state index is -0.248. The lowest BCUT2D eigenvalue weighted by molar-refractivity contribution is -0.114. The molecule has 0 aliphatic carbocycles. The fourth-order valence-electron chi connectivity index (χ4n) is 2.13. The van der Waals surface area contributed by atoms with Crippen molar-refractivity contribution in [1.29, 1.82) is 0 Å². The average molecular weight is 358 g/mol. The van der Waals surface area contributed by atoms with Crippen LogP contribution in [0.25, 0.3) is 6.08 Å². The Balaban J connectivity index is 1.85. The minimum absolute atomic E-state index is 0.117. The third kappa shape index (κ3) is 6.84. The van der Waals surface area contributed by atoms with Gasteiger partial charge in [-0.15, -0.1) is 10.2 Å². The Bertz CT molecular complexity index is 738. The van der Waals surface area contributed by atoms with Crippen LogP contribution < -0.4 is 10.6 Å². The maximum Gasteiger partial charge on any atom is 0.250 e. The zero-order valence-corrected chi connectivity index (χ0v) is 15.2. The van der Waals surface area contributed by atoms with Gasteiger partial charge in [0.15, 0.2) is 0 Å². The molecule has 132 valence electrons. The summed E-state index contributed by atoms with van der Waals surface area (Å²) in [5.41, 5.74) is 1.58. The van der Waals surface area contributed by atoms with Crippen molar-refractivity contribution in [2.75, 3.05) is 10.6 Å². The van der Waals surface area contributed by atoms with Crippen LogP contribution in [-0.2, 0) is 16.0 Å². The third-order valence-electron chi connectivity index (χ3n) is 3.35. The van der Waals surface area contributed by atoms with Crippen LogP contribution in [0.1, 0.15) is 43.7 Å². The number of carbonyl (C=O) groups excluding carboxylic acids is 2. The van der Waals surface area contributed by atoms with Gasteiger partial charge in [-0.3, -0.25) is 14.9 Å². The Kier molecular flexibility index (Phi) is 7.28. The molecular formula is C18H22N4O2S. The van der Waals surface area contributed by atoms with Crippen LogP contribution in [0, 0.1) is 0 Å². The summed E-state index contributed by atoms with van der Waals surface area (Å²) < 4.78 is 0. The number of benzene rings is 1. The van der Waals surface area contributed by atoms with Gasteiger partial charge in [-0.05, 0) is 30.2 Å². The summed E-state index contributed by atoms with van der Waals surface area (Å²) in [6.07, 6.45) is 7.48. The van der Waals surface area contributed by atoms with E-state index < -0.39 is 0 Å². The van der Waals surface area contributed by atoms with Crippen LogP contribution in [0.5, 0.6) is 0 Å². The van der Waals surface area contributed by atoms with Crippen molar-refractivity contribution in [3.63, 3.8) is 0 Å². The SMILES string of the molecule is CCCCCc1nnc(NC(=O)/C=C/c2ccc(NC(C)=O)cc2)s1. The molecule has 2 aromatic rings. The zero-order chi connectivity index (χ0) is 18.1. The molecule has 7 heteroatoms. The summed E-state index contributed by atoms with van der Waals surface area (Å²) in [6, 6.07) is 7.22. The Morgan fingerprint density at radius 1 is 1.12 bits per heavy atom. The van der Waals surface area contributed by atoms with E-state index in [2.05, 4.69) is 27.8 Å². The van der Waals surface area contributed by atoms with E-state index in [1.54, 1.807) is 18.2 Å². The molecule has 0 spiro atoms. The molecule has 0 fully saturated rings. The highest BCUT2D eigenvalue weighted by molar-refractivity contribution is 7.15. The third-order valence-corrected chi connectivity index (χ3v) is 4.25. The smallest absolute Gasteiger partial charge is 0.250 e. The number of amides is 2. The number of hydrogen-bond donors (Lipinski definition) is 2. The predicted molar refractivity (Wildman–Crippen MR) is 102 cm³/mol. The van der Waals surface area contributed by atoms with Crippen molar-refractivity contribution in [2.45, 2.75) is 39.5 Å². The molecule has 2 rings (SSSR count). The number of nitrogens with one attached hydrogen (secondary N) is 2. The molecule has 0 bridgehead atoms. The van der Waals surface area contributed by atoms with Gasteiger partial charge in [0, 0.05) is 25.1 Å². The minimum Gasteiger partial charge on any atom is -0.326 e. The van der Waals surface area contributed by atoms with E-state index in [0.29, 0.717) is 5.13 Å². The van der Waals surface area contributed by atoms with E-state index in [1.165, 1.54) is 37.2 Å². The number of nitrogens with zero attached hydrogens (tertiary/aromatic N) is 2. The molecule has 1 aromatic heterocycles. The van der Waals surface area contributed by atoms with Crippen molar-refractivity contribution < 1.29 is 9.59 Å². The maximum atomic E-state index is 12.0. The standard InChI is InChI=1S/C18H22N4O2S/c1-3-4-5-6-17-21-22-18(25-17)20-16(24)12-9-14-7-10-15(11-8-14)19-13(2)23/h7-12H,3-6H2,1-2H3,(H,19,23)(H,20,22,24)/b12-9+. The van der Waals surface area contributed by atoms with Crippen molar-refractivity contribution in [2.24, 2.45) is 0 Å². The summed E-state index contributed by atoms with van der Waals surface area (Å²) in [4.78, 5) is 22.9. The molecule has 0 radical (unpaired) electrons. The predicted octanol–water partition coefficient (Wildman–Crippen LogP) is 3.88. The highest BCUT2D eigenvalue weighted by Gasteiger charge is 2.06. The zero-order valence-electron chi connectivity index (χ0n) is 14.4. The Labute approximate surface area is 151 Å². The summed E-state index contributed by atoms with van der Waals surface area (Å²) in [6.45, 7) is 3.62. The van der Waals surface area contributed by atoms with Crippen LogP contribution in [0.3, 0.4) is 0 Å². The normalized spacial score (nSPS) is 10.8. The van der Waals surface area contributed by atoms with Gasteiger partial charge in [-0.2, -0.15) is 0 Å². The largest absolute Gasteiger partial charge is 0.326 e. The molecule has 0 unspecified atom stereocenters. The molecule has 2 N–H and O–H groups in total. The van der Waals surface area contributed by atoms with Crippen molar-refractivity contribution in [3.8, 4) is 0 Å². The number of anilines is 2. The van der Waals surface area contributed by atoms with Crippen molar-refractivity contribution >= 4 is 40.0 Å². The molecule has 1 aromatic carbocycles. The Morgan fingerprint density at radius 3 is 2.56 bits per heavy atom. The molecule has 2 amide bonds. The maximum absolute atomic E-state index is 12.0. The average Bonchev–Trinajstić information content (AvgIpc) is 3.01. The van der Waals surface area contributed by atoms with Crippen LogP contribution in [0.4, 0.5) is 10.8 Å². The number of aromatic nitrogens is 2. The van der Waals surface area contributed by atoms with E-state index in [1.807, 2.05) is 12.1 Å². The van der Waals surface area contributed by atoms with Crippen molar-refractivity contribution in [1.82, 2.24) is 10.2 Å². The Hall–Kier alpha value is -2.54. The van der Waals surface area contributed by atoms with Crippen LogP contribution in [0.2, 0.25) is 0 Å². The van der Waals surface area contributed by atoms with Crippen molar-refractivity contribution in [3.05, 3.63) is 40.9 Å². The fourth-order valence-corrected chi connectivity index (χ4v) is 2.92. The van der Waals surface area contributed by atoms with Gasteiger partial charge in [0.1, 0.15) is 5.01 Å². The number of rotatable bonds is 8. The highest BCUT2D eigenvalue weighted by Crippen LogP contribution is 2.17. The number of carbonyl (C=O) groups is 2. The first-order chi connectivity index (χ1) is 12.1. The van der Waals surface area contributed by atoms with E-state index in [4.69, 9.17) is 0 Å². The molecule has 1 heterocycles. The Morgan fingerprint density at radius 2 is 1.88 bits per heavy atom. The van der Waals surface area contributed by atoms with E-state index in [0.717, 1.165) is 29.1 Å². The molecule has 25 heavy (non-hydrogen) atoms. The van der Waals surface area contributed by atoms with Gasteiger partial charge < -0.3 is 5.32 Å². The molecule has 0 saturated heterocycles. The van der Waals surface area contributed by atoms with Gasteiger partial charge in [-0.25, -0.2) is 0 Å². The topological polar surface area (TPSA) is 84.0 Å². The second-order valence-electron chi connectivity index (χ2n) is 5.58. The van der Waals surface area contributed by atoms with Gasteiger partial charge in [-0.1, -0.05) is 43.2 Å². The summed E-state index contributed by atoms with van der Waals surface area (Å²) in [7, 11) is 0. The van der Waals surface area contributed by atoms with Crippen LogP contribution >= 0.6 is 11.3 Å². The number of hydrogen-bond acceptors (Lipinski definition) is 5. The van der Waals surface area contributed by atoms with E-state index in [-0.39, 0.29) is 11.8 Å². The molecular weight excluding hydrogens is 336 g/mol. The molecule has 0 aliphatic heterocycles. The fraction of sp³-hybridized carbons (Fsp3) is 0.333. The monoisotopic (exact) mass is 358 g/mol. The lowest BCUT2D eigenvalue weighted by Gasteiger charge is -2.01. The second-order valence-corrected chi connectivity index (χ2v) is 6.65. The summed E-state index contributed by atoms with van der Waals surface area (Å²) in [5, 5.41) is 15.0. The quantitative estimate of drug-likeness (QED) is 0.554. The second kappa shape index (κ2) is 9.68. The van der Waals surface area contributed by atoms with Gasteiger partial charge in [0.05, 0.1) is 0 Å². The van der Waals surface area contributed by atoms with Gasteiger partial charge >= 0.3 is 0 Å². The van der Waals surface area contributed by atoms with E-state index >= 15 is 0 Å². The first kappa shape index (κ1) is 18.8. The highest BCUT2D eigenvalue weighted by atomic mass is 32.1. The molecule has 0 aliphatic rings. The van der Waals surface area contributed by atoms with Gasteiger partial charge in [0.2, 0.25) is 16.9 Å². The summed E-state index contributed by atoms with van der Waals surface area (Å²) >= 11 is 1.41. The lowest BCUT2D eigenvalue weighted by atomic mass is 10.2. The van der Waals surface area contributed by atoms with Gasteiger partial charge in [0.25, 0.3) is 0 Å². The molecule has 6 nitrogen and oxygen atoms in total. The summed E-state index contributed by atoms with van der Waals surface area (Å²) in [5.74, 6) is -0.365. The number of unbranched alkanes of at least 4 members (excludes halogenated alkanes) is 2. The van der Waals surface area contributed by atoms with Crippen LogP contribution in [0.15, 0.2) is 30.3 Å². The number of aryl methyl sites for hydroxylation is 1. The first-order valence-corrected chi connectivity index (χ1v) is 9.07. The lowest BCUT2D eigenvalue weighted by Crippen LogP contribution is -2.07. The van der Waals surface area contributed by atoms with E-state index in [9.17, 15) is 9.59 Å². The molecule has 0 saturated carbocycles. The first-order valence-electron chi connectivity index (χ1n) is 8.26.